The first kappa shape index (κ1) is 20.3. The summed E-state index contributed by atoms with van der Waals surface area (Å²) in [7, 11) is 0. The smallest absolute Gasteiger partial charge is 0.305 e. The summed E-state index contributed by atoms with van der Waals surface area (Å²) >= 11 is 1.20. The molecule has 8 heteroatoms. The van der Waals surface area contributed by atoms with Crippen molar-refractivity contribution in [2.75, 3.05) is 30.0 Å². The number of benzene rings is 1. The van der Waals surface area contributed by atoms with E-state index in [0.29, 0.717) is 31.7 Å². The van der Waals surface area contributed by atoms with Gasteiger partial charge in [0.2, 0.25) is 11.8 Å². The molecule has 1 aromatic carbocycles. The van der Waals surface area contributed by atoms with Gasteiger partial charge in [-0.2, -0.15) is 0 Å². The van der Waals surface area contributed by atoms with Crippen LogP contribution in [0.15, 0.2) is 24.3 Å². The Kier molecular flexibility index (Phi) is 7.47. The molecule has 1 saturated heterocycles. The van der Waals surface area contributed by atoms with Crippen LogP contribution in [0.2, 0.25) is 0 Å². The van der Waals surface area contributed by atoms with Gasteiger partial charge in [-0.05, 0) is 31.9 Å². The van der Waals surface area contributed by atoms with Crippen LogP contribution in [0.25, 0.3) is 0 Å². The van der Waals surface area contributed by atoms with Crippen LogP contribution in [0.1, 0.15) is 24.8 Å². The maximum absolute atomic E-state index is 12.2. The highest BCUT2D eigenvalue weighted by Crippen LogP contribution is 2.24. The van der Waals surface area contributed by atoms with E-state index in [1.807, 2.05) is 31.2 Å². The molecule has 7 nitrogen and oxygen atoms in total. The van der Waals surface area contributed by atoms with E-state index >= 15 is 0 Å². The zero-order valence-electron chi connectivity index (χ0n) is 14.7. The summed E-state index contributed by atoms with van der Waals surface area (Å²) in [5, 5.41) is 14.7. The van der Waals surface area contributed by atoms with Gasteiger partial charge in [-0.15, -0.1) is 11.8 Å². The van der Waals surface area contributed by atoms with Crippen LogP contribution < -0.4 is 10.6 Å². The second kappa shape index (κ2) is 9.59. The highest BCUT2D eigenvalue weighted by molar-refractivity contribution is 8.00. The summed E-state index contributed by atoms with van der Waals surface area (Å²) in [6.07, 6.45) is 0.827. The van der Waals surface area contributed by atoms with Gasteiger partial charge in [-0.1, -0.05) is 17.7 Å². The zero-order chi connectivity index (χ0) is 19.0. The van der Waals surface area contributed by atoms with Gasteiger partial charge in [0, 0.05) is 18.9 Å². The molecule has 0 bridgehead atoms. The van der Waals surface area contributed by atoms with Crippen molar-refractivity contribution < 1.29 is 24.2 Å². The highest BCUT2D eigenvalue weighted by Gasteiger charge is 2.36. The van der Waals surface area contributed by atoms with Crippen LogP contribution in [0.5, 0.6) is 0 Å². The number of nitrogens with one attached hydrogen (secondary N) is 2. The van der Waals surface area contributed by atoms with Gasteiger partial charge in [-0.25, -0.2) is 0 Å². The topological polar surface area (TPSA) is 105 Å². The lowest BCUT2D eigenvalue weighted by atomic mass is 9.86. The number of aryl methyl sites for hydroxylation is 1. The fourth-order valence-electron chi connectivity index (χ4n) is 2.80. The van der Waals surface area contributed by atoms with Crippen LogP contribution in [-0.4, -0.2) is 53.1 Å². The highest BCUT2D eigenvalue weighted by atomic mass is 32.2. The Morgan fingerprint density at radius 2 is 1.73 bits per heavy atom. The Morgan fingerprint density at radius 3 is 2.35 bits per heavy atom. The third kappa shape index (κ3) is 6.68. The molecule has 0 atom stereocenters. The number of carbonyl (C=O) groups excluding carboxylic acids is 2. The number of anilines is 1. The Hall–Kier alpha value is -2.06. The number of thioether (sulfide) groups is 1. The molecule has 142 valence electrons. The quantitative estimate of drug-likeness (QED) is 0.635. The molecule has 1 aliphatic heterocycles. The third-order valence-corrected chi connectivity index (χ3v) is 5.08. The van der Waals surface area contributed by atoms with Crippen LogP contribution in [0.3, 0.4) is 0 Å². The lowest BCUT2D eigenvalue weighted by Gasteiger charge is -2.36. The molecule has 2 amide bonds. The first-order valence-electron chi connectivity index (χ1n) is 8.43. The lowest BCUT2D eigenvalue weighted by molar-refractivity contribution is -0.140. The summed E-state index contributed by atoms with van der Waals surface area (Å²) in [4.78, 5) is 35.2. The number of ether oxygens (including phenoxy) is 1. The van der Waals surface area contributed by atoms with Crippen molar-refractivity contribution >= 4 is 35.2 Å². The maximum atomic E-state index is 12.2. The van der Waals surface area contributed by atoms with Crippen molar-refractivity contribution in [3.05, 3.63) is 29.8 Å². The van der Waals surface area contributed by atoms with E-state index in [0.717, 1.165) is 5.56 Å². The summed E-state index contributed by atoms with van der Waals surface area (Å²) in [5.41, 5.74) is 1.07. The minimum atomic E-state index is -0.947. The minimum Gasteiger partial charge on any atom is -0.481 e. The van der Waals surface area contributed by atoms with E-state index in [4.69, 9.17) is 9.84 Å². The van der Waals surface area contributed by atoms with Crippen LogP contribution in [-0.2, 0) is 19.1 Å². The molecule has 1 fully saturated rings. The molecule has 0 saturated carbocycles. The van der Waals surface area contributed by atoms with E-state index in [1.54, 1.807) is 0 Å². The number of rotatable bonds is 8. The van der Waals surface area contributed by atoms with Crippen molar-refractivity contribution in [1.82, 2.24) is 5.32 Å². The summed E-state index contributed by atoms with van der Waals surface area (Å²) in [6, 6.07) is 7.47. The number of hydrogen-bond donors (Lipinski definition) is 3. The van der Waals surface area contributed by atoms with E-state index in [2.05, 4.69) is 10.6 Å². The van der Waals surface area contributed by atoms with E-state index in [1.165, 1.54) is 11.8 Å². The van der Waals surface area contributed by atoms with Crippen molar-refractivity contribution in [2.45, 2.75) is 31.7 Å². The second-order valence-corrected chi connectivity index (χ2v) is 7.40. The summed E-state index contributed by atoms with van der Waals surface area (Å²) in [5.74, 6) is -1.14. The summed E-state index contributed by atoms with van der Waals surface area (Å²) < 4.78 is 5.26. The van der Waals surface area contributed by atoms with Gasteiger partial charge in [-0.3, -0.25) is 14.4 Å². The van der Waals surface area contributed by atoms with E-state index in [9.17, 15) is 14.4 Å². The maximum Gasteiger partial charge on any atom is 0.305 e. The molecule has 3 N–H and O–H groups in total. The van der Waals surface area contributed by atoms with Crippen molar-refractivity contribution in [2.24, 2.45) is 0 Å². The monoisotopic (exact) mass is 380 g/mol. The van der Waals surface area contributed by atoms with Crippen LogP contribution in [0.4, 0.5) is 5.69 Å². The van der Waals surface area contributed by atoms with Gasteiger partial charge in [0.25, 0.3) is 0 Å². The largest absolute Gasteiger partial charge is 0.481 e. The van der Waals surface area contributed by atoms with Gasteiger partial charge < -0.3 is 20.5 Å². The van der Waals surface area contributed by atoms with Gasteiger partial charge in [0.15, 0.2) is 0 Å². The van der Waals surface area contributed by atoms with Crippen molar-refractivity contribution in [1.29, 1.82) is 0 Å². The molecule has 0 aliphatic carbocycles. The number of amides is 2. The molecule has 0 aromatic heterocycles. The van der Waals surface area contributed by atoms with Crippen molar-refractivity contribution in [3.8, 4) is 0 Å². The third-order valence-electron chi connectivity index (χ3n) is 4.15. The second-order valence-electron chi connectivity index (χ2n) is 6.42. The lowest BCUT2D eigenvalue weighted by Crippen LogP contribution is -2.53. The standard InChI is InChI=1S/C18H24N2O5S/c1-13-2-4-14(5-3-13)19-15(21)11-26-12-16(22)20-18(10-17(23)24)6-8-25-9-7-18/h2-5H,6-12H2,1H3,(H,19,21)(H,20,22)(H,23,24). The first-order valence-corrected chi connectivity index (χ1v) is 9.59. The molecule has 0 radical (unpaired) electrons. The predicted molar refractivity (Wildman–Crippen MR) is 100 cm³/mol. The van der Waals surface area contributed by atoms with Crippen LogP contribution in [0, 0.1) is 6.92 Å². The molecule has 0 spiro atoms. The van der Waals surface area contributed by atoms with Crippen molar-refractivity contribution in [3.63, 3.8) is 0 Å². The average molecular weight is 380 g/mol. The number of aliphatic carboxylic acids is 1. The van der Waals surface area contributed by atoms with Gasteiger partial charge in [0.05, 0.1) is 23.5 Å². The molecule has 1 aliphatic rings. The Morgan fingerprint density at radius 1 is 1.12 bits per heavy atom. The zero-order valence-corrected chi connectivity index (χ0v) is 15.6. The van der Waals surface area contributed by atoms with Gasteiger partial charge in [0.1, 0.15) is 0 Å². The molecule has 2 rings (SSSR count). The van der Waals surface area contributed by atoms with Crippen LogP contribution >= 0.6 is 11.8 Å². The molecular formula is C18H24N2O5S. The normalized spacial score (nSPS) is 15.9. The fraction of sp³-hybridized carbons (Fsp3) is 0.500. The molecule has 1 heterocycles. The Labute approximate surface area is 156 Å². The van der Waals surface area contributed by atoms with Gasteiger partial charge >= 0.3 is 5.97 Å². The first-order chi connectivity index (χ1) is 12.4. The Bertz CT molecular complexity index is 641. The molecule has 0 unspecified atom stereocenters. The van der Waals surface area contributed by atoms with E-state index < -0.39 is 11.5 Å². The number of carbonyl (C=O) groups is 3. The predicted octanol–water partition coefficient (Wildman–Crippen LogP) is 1.81. The van der Waals surface area contributed by atoms with E-state index in [-0.39, 0.29) is 29.7 Å². The minimum absolute atomic E-state index is 0.101. The number of carboxylic acids is 1. The number of hydrogen-bond acceptors (Lipinski definition) is 5. The summed E-state index contributed by atoms with van der Waals surface area (Å²) in [6.45, 7) is 2.83. The fourth-order valence-corrected chi connectivity index (χ4v) is 3.42. The molecule has 26 heavy (non-hydrogen) atoms. The average Bonchev–Trinajstić information content (AvgIpc) is 2.57. The SMILES string of the molecule is Cc1ccc(NC(=O)CSCC(=O)NC2(CC(=O)O)CCOCC2)cc1. The Balaban J connectivity index is 1.75. The molecule has 1 aromatic rings. The molecular weight excluding hydrogens is 356 g/mol. The number of carboxylic acid groups (broad SMARTS) is 1.